The fourth-order valence-electron chi connectivity index (χ4n) is 2.27. The molecule has 0 aliphatic carbocycles. The standard InChI is InChI=1S/C16H16N4/c1-11(12-5-4-6-13(17)9-12)19-16-10-18-20-15-8-3-2-7-14(15)16/h2-11H,17H2,1H3,(H,19,20). The van der Waals surface area contributed by atoms with Crippen molar-refractivity contribution in [3.8, 4) is 0 Å². The molecule has 0 radical (unpaired) electrons. The maximum absolute atomic E-state index is 5.83. The van der Waals surface area contributed by atoms with Gasteiger partial charge in [-0.2, -0.15) is 10.2 Å². The molecule has 0 bridgehead atoms. The van der Waals surface area contributed by atoms with E-state index in [1.165, 1.54) is 0 Å². The van der Waals surface area contributed by atoms with Crippen molar-refractivity contribution in [1.82, 2.24) is 10.2 Å². The highest BCUT2D eigenvalue weighted by Crippen LogP contribution is 2.25. The third kappa shape index (κ3) is 2.40. The monoisotopic (exact) mass is 264 g/mol. The molecule has 0 aliphatic rings. The minimum Gasteiger partial charge on any atom is -0.399 e. The van der Waals surface area contributed by atoms with Gasteiger partial charge < -0.3 is 11.1 Å². The minimum atomic E-state index is 0.145. The first kappa shape index (κ1) is 12.4. The predicted molar refractivity (Wildman–Crippen MR) is 82.4 cm³/mol. The fraction of sp³-hybridized carbons (Fsp3) is 0.125. The van der Waals surface area contributed by atoms with Gasteiger partial charge in [0.2, 0.25) is 0 Å². The lowest BCUT2D eigenvalue weighted by Gasteiger charge is -2.17. The highest BCUT2D eigenvalue weighted by Gasteiger charge is 2.08. The SMILES string of the molecule is CC(Nc1cnnc2ccccc12)c1cccc(N)c1. The summed E-state index contributed by atoms with van der Waals surface area (Å²) in [7, 11) is 0. The van der Waals surface area contributed by atoms with Crippen molar-refractivity contribution in [2.75, 3.05) is 11.1 Å². The number of benzene rings is 2. The molecular formula is C16H16N4. The van der Waals surface area contributed by atoms with E-state index in [9.17, 15) is 0 Å². The normalized spacial score (nSPS) is 12.2. The number of rotatable bonds is 3. The van der Waals surface area contributed by atoms with E-state index in [-0.39, 0.29) is 6.04 Å². The van der Waals surface area contributed by atoms with Crippen molar-refractivity contribution in [1.29, 1.82) is 0 Å². The molecule has 4 heteroatoms. The van der Waals surface area contributed by atoms with Gasteiger partial charge in [0.15, 0.2) is 0 Å². The van der Waals surface area contributed by atoms with E-state index >= 15 is 0 Å². The van der Waals surface area contributed by atoms with Gasteiger partial charge in [-0.25, -0.2) is 0 Å². The Balaban J connectivity index is 1.93. The van der Waals surface area contributed by atoms with Gasteiger partial charge in [-0.05, 0) is 30.7 Å². The number of hydrogen-bond acceptors (Lipinski definition) is 4. The van der Waals surface area contributed by atoms with E-state index in [0.717, 1.165) is 27.8 Å². The van der Waals surface area contributed by atoms with Crippen LogP contribution in [-0.2, 0) is 0 Å². The van der Waals surface area contributed by atoms with Gasteiger partial charge in [-0.3, -0.25) is 0 Å². The second-order valence-electron chi connectivity index (χ2n) is 4.81. The van der Waals surface area contributed by atoms with Crippen LogP contribution in [0.25, 0.3) is 10.9 Å². The van der Waals surface area contributed by atoms with Gasteiger partial charge >= 0.3 is 0 Å². The quantitative estimate of drug-likeness (QED) is 0.712. The summed E-state index contributed by atoms with van der Waals surface area (Å²) in [6.07, 6.45) is 1.76. The van der Waals surface area contributed by atoms with Crippen LogP contribution in [0.15, 0.2) is 54.7 Å². The molecule has 0 fully saturated rings. The molecule has 20 heavy (non-hydrogen) atoms. The van der Waals surface area contributed by atoms with Gasteiger partial charge in [0.1, 0.15) is 0 Å². The fourth-order valence-corrected chi connectivity index (χ4v) is 2.27. The number of nitrogens with one attached hydrogen (secondary N) is 1. The molecular weight excluding hydrogens is 248 g/mol. The van der Waals surface area contributed by atoms with Gasteiger partial charge in [-0.15, -0.1) is 0 Å². The summed E-state index contributed by atoms with van der Waals surface area (Å²) >= 11 is 0. The lowest BCUT2D eigenvalue weighted by Crippen LogP contribution is -2.08. The minimum absolute atomic E-state index is 0.145. The largest absolute Gasteiger partial charge is 0.399 e. The summed E-state index contributed by atoms with van der Waals surface area (Å²) in [6.45, 7) is 2.10. The van der Waals surface area contributed by atoms with Crippen LogP contribution in [0.2, 0.25) is 0 Å². The Morgan fingerprint density at radius 2 is 1.95 bits per heavy atom. The van der Waals surface area contributed by atoms with Crippen molar-refractivity contribution in [2.45, 2.75) is 13.0 Å². The van der Waals surface area contributed by atoms with Crippen LogP contribution >= 0.6 is 0 Å². The van der Waals surface area contributed by atoms with E-state index in [2.05, 4.69) is 28.5 Å². The molecule has 0 spiro atoms. The summed E-state index contributed by atoms with van der Waals surface area (Å²) in [4.78, 5) is 0. The van der Waals surface area contributed by atoms with Crippen LogP contribution in [0.4, 0.5) is 11.4 Å². The van der Waals surface area contributed by atoms with Crippen LogP contribution in [0.1, 0.15) is 18.5 Å². The Morgan fingerprint density at radius 1 is 1.10 bits per heavy atom. The molecule has 1 unspecified atom stereocenters. The summed E-state index contributed by atoms with van der Waals surface area (Å²) in [5.41, 5.74) is 9.61. The number of aromatic nitrogens is 2. The number of anilines is 2. The van der Waals surface area contributed by atoms with E-state index < -0.39 is 0 Å². The van der Waals surface area contributed by atoms with Crippen LogP contribution in [0.3, 0.4) is 0 Å². The molecule has 0 saturated carbocycles. The average Bonchev–Trinajstić information content (AvgIpc) is 2.47. The lowest BCUT2D eigenvalue weighted by molar-refractivity contribution is 0.883. The summed E-state index contributed by atoms with van der Waals surface area (Å²) in [5.74, 6) is 0. The molecule has 1 atom stereocenters. The molecule has 3 rings (SSSR count). The van der Waals surface area contributed by atoms with Crippen molar-refractivity contribution in [2.24, 2.45) is 0 Å². The first-order valence-electron chi connectivity index (χ1n) is 6.56. The van der Waals surface area contributed by atoms with E-state index in [0.29, 0.717) is 0 Å². The highest BCUT2D eigenvalue weighted by molar-refractivity contribution is 5.90. The number of hydrogen-bond donors (Lipinski definition) is 2. The zero-order chi connectivity index (χ0) is 13.9. The Morgan fingerprint density at radius 3 is 2.80 bits per heavy atom. The third-order valence-corrected chi connectivity index (χ3v) is 3.33. The molecule has 1 heterocycles. The van der Waals surface area contributed by atoms with E-state index in [4.69, 9.17) is 5.73 Å². The Labute approximate surface area is 117 Å². The number of nitrogens with two attached hydrogens (primary N) is 1. The molecule has 4 nitrogen and oxygen atoms in total. The molecule has 0 amide bonds. The molecule has 2 aromatic carbocycles. The van der Waals surface area contributed by atoms with Crippen LogP contribution < -0.4 is 11.1 Å². The van der Waals surface area contributed by atoms with Crippen LogP contribution in [-0.4, -0.2) is 10.2 Å². The Kier molecular flexibility index (Phi) is 3.21. The number of nitrogen functional groups attached to an aromatic ring is 1. The van der Waals surface area contributed by atoms with Gasteiger partial charge in [0.25, 0.3) is 0 Å². The second-order valence-corrected chi connectivity index (χ2v) is 4.81. The first-order valence-corrected chi connectivity index (χ1v) is 6.56. The second kappa shape index (κ2) is 5.17. The first-order chi connectivity index (χ1) is 9.74. The maximum atomic E-state index is 5.83. The smallest absolute Gasteiger partial charge is 0.0950 e. The summed E-state index contributed by atoms with van der Waals surface area (Å²) in [5, 5.41) is 12.7. The number of fused-ring (bicyclic) bond motifs is 1. The molecule has 0 aliphatic heterocycles. The third-order valence-electron chi connectivity index (χ3n) is 3.33. The van der Waals surface area contributed by atoms with Gasteiger partial charge in [0, 0.05) is 17.1 Å². The molecule has 3 N–H and O–H groups in total. The van der Waals surface area contributed by atoms with Crippen LogP contribution in [0.5, 0.6) is 0 Å². The van der Waals surface area contributed by atoms with Crippen LogP contribution in [0, 0.1) is 0 Å². The zero-order valence-corrected chi connectivity index (χ0v) is 11.2. The van der Waals surface area contributed by atoms with Crippen molar-refractivity contribution in [3.63, 3.8) is 0 Å². The maximum Gasteiger partial charge on any atom is 0.0950 e. The lowest BCUT2D eigenvalue weighted by atomic mass is 10.1. The van der Waals surface area contributed by atoms with Gasteiger partial charge in [0.05, 0.1) is 17.4 Å². The summed E-state index contributed by atoms with van der Waals surface area (Å²) < 4.78 is 0. The molecule has 3 aromatic rings. The average molecular weight is 264 g/mol. The predicted octanol–water partition coefficient (Wildman–Crippen LogP) is 3.39. The summed E-state index contributed by atoms with van der Waals surface area (Å²) in [6, 6.07) is 16.0. The van der Waals surface area contributed by atoms with Gasteiger partial charge in [-0.1, -0.05) is 30.3 Å². The van der Waals surface area contributed by atoms with E-state index in [1.54, 1.807) is 6.20 Å². The van der Waals surface area contributed by atoms with Crippen molar-refractivity contribution >= 4 is 22.3 Å². The number of nitrogens with zero attached hydrogens (tertiary/aromatic N) is 2. The molecule has 1 aromatic heterocycles. The van der Waals surface area contributed by atoms with Crippen molar-refractivity contribution in [3.05, 3.63) is 60.3 Å². The highest BCUT2D eigenvalue weighted by atomic mass is 15.1. The topological polar surface area (TPSA) is 63.8 Å². The Bertz CT molecular complexity index is 734. The van der Waals surface area contributed by atoms with E-state index in [1.807, 2.05) is 42.5 Å². The molecule has 0 saturated heterocycles. The Hall–Kier alpha value is -2.62. The molecule has 100 valence electrons. The van der Waals surface area contributed by atoms with Crippen molar-refractivity contribution < 1.29 is 0 Å². The zero-order valence-electron chi connectivity index (χ0n) is 11.2.